The predicted molar refractivity (Wildman–Crippen MR) is 117 cm³/mol. The zero-order chi connectivity index (χ0) is 22.6. The van der Waals surface area contributed by atoms with E-state index < -0.39 is 20.3 Å². The van der Waals surface area contributed by atoms with Crippen molar-refractivity contribution < 1.29 is 13.2 Å². The van der Waals surface area contributed by atoms with Crippen LogP contribution < -0.4 is 10.9 Å². The molecular weight excluding hydrogens is 460 g/mol. The van der Waals surface area contributed by atoms with E-state index in [4.69, 9.17) is 16.9 Å². The van der Waals surface area contributed by atoms with Crippen LogP contribution in [0.15, 0.2) is 68.4 Å². The minimum absolute atomic E-state index is 0.0839. The first-order valence-corrected chi connectivity index (χ1v) is 11.6. The first kappa shape index (κ1) is 22.6. The number of aromatic amines is 1. The van der Waals surface area contributed by atoms with Crippen LogP contribution in [-0.2, 0) is 14.6 Å². The molecule has 1 amide bonds. The van der Waals surface area contributed by atoms with Crippen LogP contribution in [0.5, 0.6) is 0 Å². The number of nitrogens with zero attached hydrogens (tertiary/aromatic N) is 2. The molecule has 8 nitrogen and oxygen atoms in total. The van der Waals surface area contributed by atoms with Gasteiger partial charge in [-0.05, 0) is 42.8 Å². The molecule has 1 heterocycles. The molecule has 0 spiro atoms. The van der Waals surface area contributed by atoms with Gasteiger partial charge in [0.1, 0.15) is 0 Å². The van der Waals surface area contributed by atoms with E-state index in [1.807, 2.05) is 6.07 Å². The Hall–Kier alpha value is -3.13. The normalized spacial score (nSPS) is 11.0. The predicted octanol–water partition coefficient (Wildman–Crippen LogP) is 3.17. The van der Waals surface area contributed by atoms with E-state index in [1.165, 1.54) is 18.2 Å². The van der Waals surface area contributed by atoms with Gasteiger partial charge in [0.2, 0.25) is 15.7 Å². The number of nitrogens with one attached hydrogen (secondary N) is 2. The molecule has 3 rings (SSSR count). The van der Waals surface area contributed by atoms with Crippen LogP contribution in [0.2, 0.25) is 5.02 Å². The standard InChI is InChI=1S/C20H15ClN4O4S2/c1-12-5-6-15(8-16(12)21)31(28,29)17-10-23-20(25-19(17)27)30-11-18(26)24-14-4-2-3-13(7-14)9-22/h2-8,10H,11H2,1H3,(H,24,26)(H,23,25,27). The van der Waals surface area contributed by atoms with Gasteiger partial charge in [0.25, 0.3) is 5.56 Å². The maximum Gasteiger partial charge on any atom is 0.270 e. The molecule has 0 fully saturated rings. The van der Waals surface area contributed by atoms with Crippen LogP contribution in [0.4, 0.5) is 5.69 Å². The van der Waals surface area contributed by atoms with Gasteiger partial charge in [-0.15, -0.1) is 0 Å². The Morgan fingerprint density at radius 3 is 2.74 bits per heavy atom. The first-order valence-electron chi connectivity index (χ1n) is 8.74. The minimum atomic E-state index is -4.11. The van der Waals surface area contributed by atoms with Gasteiger partial charge in [0, 0.05) is 10.7 Å². The van der Waals surface area contributed by atoms with Crippen LogP contribution in [-0.4, -0.2) is 30.0 Å². The molecule has 2 N–H and O–H groups in total. The molecule has 0 saturated carbocycles. The number of rotatable bonds is 6. The number of carbonyl (C=O) groups excluding carboxylic acids is 1. The lowest BCUT2D eigenvalue weighted by Gasteiger charge is -2.07. The molecular formula is C20H15ClN4O4S2. The Labute approximate surface area is 187 Å². The summed E-state index contributed by atoms with van der Waals surface area (Å²) >= 11 is 6.93. The van der Waals surface area contributed by atoms with E-state index in [1.54, 1.807) is 31.2 Å². The van der Waals surface area contributed by atoms with Crippen molar-refractivity contribution in [1.82, 2.24) is 9.97 Å². The van der Waals surface area contributed by atoms with Gasteiger partial charge >= 0.3 is 0 Å². The largest absolute Gasteiger partial charge is 0.325 e. The Balaban J connectivity index is 1.72. The highest BCUT2D eigenvalue weighted by Gasteiger charge is 2.23. The summed E-state index contributed by atoms with van der Waals surface area (Å²) in [4.78, 5) is 30.2. The molecule has 31 heavy (non-hydrogen) atoms. The second-order valence-electron chi connectivity index (χ2n) is 6.33. The minimum Gasteiger partial charge on any atom is -0.325 e. The van der Waals surface area contributed by atoms with E-state index in [-0.39, 0.29) is 26.7 Å². The van der Waals surface area contributed by atoms with Crippen LogP contribution in [0.3, 0.4) is 0 Å². The maximum atomic E-state index is 12.7. The number of halogens is 1. The summed E-state index contributed by atoms with van der Waals surface area (Å²) in [6.45, 7) is 1.73. The van der Waals surface area contributed by atoms with Crippen molar-refractivity contribution in [2.45, 2.75) is 21.9 Å². The number of aromatic nitrogens is 2. The lowest BCUT2D eigenvalue weighted by Crippen LogP contribution is -2.20. The number of benzene rings is 2. The smallest absolute Gasteiger partial charge is 0.270 e. The Morgan fingerprint density at radius 1 is 1.29 bits per heavy atom. The highest BCUT2D eigenvalue weighted by Crippen LogP contribution is 2.24. The molecule has 0 bridgehead atoms. The zero-order valence-electron chi connectivity index (χ0n) is 16.0. The number of hydrogen-bond donors (Lipinski definition) is 2. The molecule has 0 unspecified atom stereocenters. The number of carbonyl (C=O) groups is 1. The van der Waals surface area contributed by atoms with E-state index in [0.717, 1.165) is 18.0 Å². The summed E-state index contributed by atoms with van der Waals surface area (Å²) < 4.78 is 25.5. The second-order valence-corrected chi connectivity index (χ2v) is 9.61. The summed E-state index contributed by atoms with van der Waals surface area (Å²) in [5.41, 5.74) is 0.723. The Bertz CT molecular complexity index is 1360. The molecule has 0 aliphatic carbocycles. The fourth-order valence-corrected chi connectivity index (χ4v) is 4.63. The van der Waals surface area contributed by atoms with Crippen molar-refractivity contribution in [3.8, 4) is 6.07 Å². The number of amides is 1. The number of H-pyrrole nitrogens is 1. The summed E-state index contributed by atoms with van der Waals surface area (Å²) in [5.74, 6) is -0.465. The molecule has 0 aliphatic rings. The quantitative estimate of drug-likeness (QED) is 0.414. The summed E-state index contributed by atoms with van der Waals surface area (Å²) in [7, 11) is -4.11. The summed E-state index contributed by atoms with van der Waals surface area (Å²) in [6, 6.07) is 12.6. The van der Waals surface area contributed by atoms with Gasteiger partial charge < -0.3 is 10.3 Å². The van der Waals surface area contributed by atoms with Crippen molar-refractivity contribution in [2.24, 2.45) is 0 Å². The van der Waals surface area contributed by atoms with Crippen molar-refractivity contribution in [2.75, 3.05) is 11.1 Å². The Kier molecular flexibility index (Phi) is 6.80. The molecule has 3 aromatic rings. The van der Waals surface area contributed by atoms with E-state index >= 15 is 0 Å². The average Bonchev–Trinajstić information content (AvgIpc) is 2.74. The monoisotopic (exact) mass is 474 g/mol. The van der Waals surface area contributed by atoms with Gasteiger partial charge in [-0.1, -0.05) is 35.5 Å². The topological polar surface area (TPSA) is 133 Å². The third-order valence-corrected chi connectivity index (χ3v) is 7.14. The average molecular weight is 475 g/mol. The highest BCUT2D eigenvalue weighted by molar-refractivity contribution is 7.99. The number of nitriles is 1. The lowest BCUT2D eigenvalue weighted by atomic mass is 10.2. The number of thioether (sulfide) groups is 1. The Morgan fingerprint density at radius 2 is 2.06 bits per heavy atom. The summed E-state index contributed by atoms with van der Waals surface area (Å²) in [6.07, 6.45) is 0.957. The maximum absolute atomic E-state index is 12.7. The van der Waals surface area contributed by atoms with Crippen LogP contribution in [0.25, 0.3) is 0 Å². The van der Waals surface area contributed by atoms with Gasteiger partial charge in [-0.25, -0.2) is 13.4 Å². The van der Waals surface area contributed by atoms with Crippen molar-refractivity contribution in [1.29, 1.82) is 5.26 Å². The molecule has 11 heteroatoms. The van der Waals surface area contributed by atoms with Gasteiger partial charge in [0.05, 0.1) is 28.5 Å². The fourth-order valence-electron chi connectivity index (χ4n) is 2.50. The third kappa shape index (κ3) is 5.32. The molecule has 0 radical (unpaired) electrons. The number of anilines is 1. The molecule has 0 saturated heterocycles. The van der Waals surface area contributed by atoms with E-state index in [0.29, 0.717) is 16.8 Å². The molecule has 0 atom stereocenters. The van der Waals surface area contributed by atoms with E-state index in [9.17, 15) is 18.0 Å². The SMILES string of the molecule is Cc1ccc(S(=O)(=O)c2cnc(SCC(=O)Nc3cccc(C#N)c3)[nH]c2=O)cc1Cl. The first-order chi connectivity index (χ1) is 14.7. The fraction of sp³-hybridized carbons (Fsp3) is 0.100. The molecule has 158 valence electrons. The van der Waals surface area contributed by atoms with Gasteiger partial charge in [-0.3, -0.25) is 9.59 Å². The highest BCUT2D eigenvalue weighted by atomic mass is 35.5. The summed E-state index contributed by atoms with van der Waals surface area (Å²) in [5, 5.41) is 11.9. The second kappa shape index (κ2) is 9.34. The molecule has 0 aliphatic heterocycles. The number of hydrogen-bond acceptors (Lipinski definition) is 7. The van der Waals surface area contributed by atoms with Crippen molar-refractivity contribution in [3.63, 3.8) is 0 Å². The molecule has 2 aromatic carbocycles. The number of sulfone groups is 1. The number of aryl methyl sites for hydroxylation is 1. The van der Waals surface area contributed by atoms with Gasteiger partial charge in [0.15, 0.2) is 10.1 Å². The molecule has 1 aromatic heterocycles. The van der Waals surface area contributed by atoms with Crippen molar-refractivity contribution in [3.05, 3.63) is 75.2 Å². The van der Waals surface area contributed by atoms with Crippen LogP contribution in [0, 0.1) is 18.3 Å². The third-order valence-electron chi connectivity index (χ3n) is 4.10. The van der Waals surface area contributed by atoms with E-state index in [2.05, 4.69) is 15.3 Å². The zero-order valence-corrected chi connectivity index (χ0v) is 18.4. The van der Waals surface area contributed by atoms with Crippen molar-refractivity contribution >= 4 is 44.8 Å². The lowest BCUT2D eigenvalue weighted by molar-refractivity contribution is -0.113. The van der Waals surface area contributed by atoms with Gasteiger partial charge in [-0.2, -0.15) is 5.26 Å². The van der Waals surface area contributed by atoms with Crippen LogP contribution in [0.1, 0.15) is 11.1 Å². The van der Waals surface area contributed by atoms with Crippen LogP contribution >= 0.6 is 23.4 Å².